The number of hydrogen-bond acceptors (Lipinski definition) is 9. The van der Waals surface area contributed by atoms with Crippen LogP contribution in [0.2, 0.25) is 0 Å². The molecule has 0 aliphatic carbocycles. The van der Waals surface area contributed by atoms with E-state index in [0.29, 0.717) is 39.4 Å². The fourth-order valence-electron chi connectivity index (χ4n) is 3.54. The van der Waals surface area contributed by atoms with Gasteiger partial charge in [0.2, 0.25) is 5.75 Å². The van der Waals surface area contributed by atoms with Crippen LogP contribution in [0.5, 0.6) is 23.0 Å². The minimum atomic E-state index is -0.349. The first-order chi connectivity index (χ1) is 18.4. The van der Waals surface area contributed by atoms with E-state index in [1.807, 2.05) is 34.9 Å². The highest BCUT2D eigenvalue weighted by Gasteiger charge is 2.21. The number of rotatable bonds is 10. The smallest absolute Gasteiger partial charge is 0.250 e. The molecule has 0 spiro atoms. The summed E-state index contributed by atoms with van der Waals surface area (Å²) in [7, 11) is 4.63. The van der Waals surface area contributed by atoms with Crippen LogP contribution in [0.25, 0.3) is 17.1 Å². The Hall–Kier alpha value is -4.03. The van der Waals surface area contributed by atoms with Crippen LogP contribution >= 0.6 is 27.7 Å². The lowest BCUT2D eigenvalue weighted by molar-refractivity contribution is -0.118. The summed E-state index contributed by atoms with van der Waals surface area (Å²) in [6, 6.07) is 18.1. The van der Waals surface area contributed by atoms with Gasteiger partial charge in [0.25, 0.3) is 5.91 Å². The Morgan fingerprint density at radius 2 is 1.76 bits per heavy atom. The van der Waals surface area contributed by atoms with Crippen LogP contribution in [0, 0.1) is 0 Å². The molecule has 0 saturated heterocycles. The van der Waals surface area contributed by atoms with Gasteiger partial charge in [-0.2, -0.15) is 5.10 Å². The summed E-state index contributed by atoms with van der Waals surface area (Å²) >= 11 is 4.54. The fourth-order valence-corrected chi connectivity index (χ4v) is 4.66. The largest absolute Gasteiger partial charge is 0.507 e. The van der Waals surface area contributed by atoms with Crippen LogP contribution in [0.15, 0.2) is 75.4 Å². The number of halogens is 1. The number of hydrazone groups is 1. The van der Waals surface area contributed by atoms with Gasteiger partial charge in [-0.3, -0.25) is 9.36 Å². The maximum Gasteiger partial charge on any atom is 0.250 e. The van der Waals surface area contributed by atoms with Gasteiger partial charge < -0.3 is 19.3 Å². The quantitative estimate of drug-likeness (QED) is 0.154. The minimum Gasteiger partial charge on any atom is -0.507 e. The molecule has 3 aromatic carbocycles. The highest BCUT2D eigenvalue weighted by atomic mass is 79.9. The van der Waals surface area contributed by atoms with E-state index in [0.717, 1.165) is 10.2 Å². The molecule has 4 aromatic rings. The molecule has 196 valence electrons. The van der Waals surface area contributed by atoms with Crippen molar-refractivity contribution in [2.75, 3.05) is 27.1 Å². The number of thioether (sulfide) groups is 1. The van der Waals surface area contributed by atoms with E-state index in [2.05, 4.69) is 36.7 Å². The molecule has 1 aromatic heterocycles. The van der Waals surface area contributed by atoms with Gasteiger partial charge >= 0.3 is 0 Å². The van der Waals surface area contributed by atoms with Gasteiger partial charge in [-0.05, 0) is 42.5 Å². The van der Waals surface area contributed by atoms with Crippen molar-refractivity contribution in [1.29, 1.82) is 0 Å². The van der Waals surface area contributed by atoms with Crippen LogP contribution < -0.4 is 19.6 Å². The van der Waals surface area contributed by atoms with E-state index in [-0.39, 0.29) is 17.4 Å². The summed E-state index contributed by atoms with van der Waals surface area (Å²) in [5, 5.41) is 23.1. The topological polar surface area (TPSA) is 120 Å². The number of para-hydroxylation sites is 1. The number of carbonyl (C=O) groups excluding carboxylic acids is 1. The van der Waals surface area contributed by atoms with Gasteiger partial charge in [-0.1, -0.05) is 45.9 Å². The summed E-state index contributed by atoms with van der Waals surface area (Å²) in [6.07, 6.45) is 1.37. The molecule has 1 amide bonds. The van der Waals surface area contributed by atoms with Crippen molar-refractivity contribution < 1.29 is 24.1 Å². The number of amides is 1. The van der Waals surface area contributed by atoms with Gasteiger partial charge in [-0.15, -0.1) is 10.2 Å². The van der Waals surface area contributed by atoms with Gasteiger partial charge in [-0.25, -0.2) is 5.43 Å². The summed E-state index contributed by atoms with van der Waals surface area (Å²) < 4.78 is 19.1. The lowest BCUT2D eigenvalue weighted by atomic mass is 10.1. The fraction of sp³-hybridized carbons (Fsp3) is 0.154. The van der Waals surface area contributed by atoms with Crippen molar-refractivity contribution >= 4 is 39.8 Å². The maximum atomic E-state index is 12.5. The molecule has 0 unspecified atom stereocenters. The SMILES string of the molecule is COc1cc(-c2nnc(SCC(=O)NN=Cc3cc(Br)ccc3O)n2-c2ccccc2)cc(OC)c1OC. The third-order valence-corrected chi connectivity index (χ3v) is 6.71. The number of hydrogen-bond donors (Lipinski definition) is 2. The number of nitrogens with zero attached hydrogens (tertiary/aromatic N) is 4. The van der Waals surface area contributed by atoms with Gasteiger partial charge in [0.1, 0.15) is 5.75 Å². The van der Waals surface area contributed by atoms with Crippen molar-refractivity contribution in [3.05, 3.63) is 70.7 Å². The number of methoxy groups -OCH3 is 3. The standard InChI is InChI=1S/C26H24BrN5O5S/c1-35-21-12-16(13-22(36-2)24(21)37-3)25-30-31-26(32(25)19-7-5-4-6-8-19)38-15-23(34)29-28-14-17-11-18(27)9-10-20(17)33/h4-14,33H,15H2,1-3H3,(H,29,34). The number of nitrogens with one attached hydrogen (secondary N) is 1. The van der Waals surface area contributed by atoms with E-state index < -0.39 is 0 Å². The van der Waals surface area contributed by atoms with E-state index >= 15 is 0 Å². The van der Waals surface area contributed by atoms with Crippen LogP contribution in [0.3, 0.4) is 0 Å². The number of ether oxygens (including phenoxy) is 3. The predicted octanol–water partition coefficient (Wildman–Crippen LogP) is 4.67. The average molecular weight is 598 g/mol. The first-order valence-corrected chi connectivity index (χ1v) is 13.0. The molecule has 2 N–H and O–H groups in total. The van der Waals surface area contributed by atoms with E-state index in [9.17, 15) is 9.90 Å². The van der Waals surface area contributed by atoms with Gasteiger partial charge in [0.15, 0.2) is 22.5 Å². The van der Waals surface area contributed by atoms with Gasteiger partial charge in [0.05, 0.1) is 33.3 Å². The first-order valence-electron chi connectivity index (χ1n) is 11.2. The zero-order valence-electron chi connectivity index (χ0n) is 20.7. The summed E-state index contributed by atoms with van der Waals surface area (Å²) in [5.74, 6) is 1.68. The molecule has 0 aliphatic heterocycles. The lowest BCUT2D eigenvalue weighted by Gasteiger charge is -2.15. The molecule has 10 nitrogen and oxygen atoms in total. The van der Waals surface area contributed by atoms with Crippen LogP contribution in [0.1, 0.15) is 5.56 Å². The molecular weight excluding hydrogens is 574 g/mol. The Balaban J connectivity index is 1.59. The normalized spacial score (nSPS) is 10.9. The Bertz CT molecular complexity index is 1440. The number of carbonyl (C=O) groups is 1. The molecule has 12 heteroatoms. The molecule has 38 heavy (non-hydrogen) atoms. The number of phenols is 1. The molecule has 0 fully saturated rings. The van der Waals surface area contributed by atoms with Crippen molar-refractivity contribution in [1.82, 2.24) is 20.2 Å². The van der Waals surface area contributed by atoms with Gasteiger partial charge in [0, 0.05) is 21.3 Å². The molecule has 0 radical (unpaired) electrons. The number of phenolic OH excluding ortho intramolecular Hbond substituents is 1. The Labute approximate surface area is 231 Å². The average Bonchev–Trinajstić information content (AvgIpc) is 3.37. The van der Waals surface area contributed by atoms with E-state index in [1.165, 1.54) is 31.2 Å². The second-order valence-corrected chi connectivity index (χ2v) is 9.53. The second kappa shape index (κ2) is 12.5. The first kappa shape index (κ1) is 27.0. The summed E-state index contributed by atoms with van der Waals surface area (Å²) in [6.45, 7) is 0. The molecule has 1 heterocycles. The summed E-state index contributed by atoms with van der Waals surface area (Å²) in [5.41, 5.74) is 4.43. The maximum absolute atomic E-state index is 12.5. The van der Waals surface area contributed by atoms with Crippen molar-refractivity contribution in [3.63, 3.8) is 0 Å². The number of aromatic hydroxyl groups is 1. The second-order valence-electron chi connectivity index (χ2n) is 7.68. The minimum absolute atomic E-state index is 0.0298. The third-order valence-electron chi connectivity index (χ3n) is 5.29. The zero-order chi connectivity index (χ0) is 27.1. The lowest BCUT2D eigenvalue weighted by Crippen LogP contribution is -2.20. The monoisotopic (exact) mass is 597 g/mol. The Kier molecular flexibility index (Phi) is 8.87. The van der Waals surface area contributed by atoms with E-state index in [4.69, 9.17) is 14.2 Å². The molecule has 0 bridgehead atoms. The van der Waals surface area contributed by atoms with Crippen molar-refractivity contribution in [3.8, 4) is 40.1 Å². The number of benzene rings is 3. The highest BCUT2D eigenvalue weighted by Crippen LogP contribution is 2.41. The number of aromatic nitrogens is 3. The molecule has 4 rings (SSSR count). The zero-order valence-corrected chi connectivity index (χ0v) is 23.1. The highest BCUT2D eigenvalue weighted by molar-refractivity contribution is 9.10. The summed E-state index contributed by atoms with van der Waals surface area (Å²) in [4.78, 5) is 12.5. The van der Waals surface area contributed by atoms with Crippen LogP contribution in [-0.4, -0.2) is 59.1 Å². The molecule has 0 saturated carbocycles. The third kappa shape index (κ3) is 6.09. The van der Waals surface area contributed by atoms with Crippen LogP contribution in [0.4, 0.5) is 0 Å². The predicted molar refractivity (Wildman–Crippen MR) is 149 cm³/mol. The Morgan fingerprint density at radius 3 is 2.42 bits per heavy atom. The van der Waals surface area contributed by atoms with Crippen molar-refractivity contribution in [2.24, 2.45) is 5.10 Å². The Morgan fingerprint density at radius 1 is 1.05 bits per heavy atom. The molecule has 0 aliphatic rings. The molecular formula is C26H24BrN5O5S. The molecule has 0 atom stereocenters. The van der Waals surface area contributed by atoms with Crippen molar-refractivity contribution in [2.45, 2.75) is 5.16 Å². The van der Waals surface area contributed by atoms with E-state index in [1.54, 1.807) is 38.5 Å². The van der Waals surface area contributed by atoms with Crippen LogP contribution in [-0.2, 0) is 4.79 Å².